The summed E-state index contributed by atoms with van der Waals surface area (Å²) in [6, 6.07) is 15.8. The highest BCUT2D eigenvalue weighted by atomic mass is 14.8. The van der Waals surface area contributed by atoms with Crippen molar-refractivity contribution >= 4 is 10.8 Å². The summed E-state index contributed by atoms with van der Waals surface area (Å²) >= 11 is 0. The molecular weight excluding hydrogens is 352 g/mol. The monoisotopic (exact) mass is 376 g/mol. The third-order valence-corrected chi connectivity index (χ3v) is 7.28. The number of rotatable bonds is 1. The molecule has 1 heterocycles. The van der Waals surface area contributed by atoms with Gasteiger partial charge in [-0.15, -0.1) is 0 Å². The van der Waals surface area contributed by atoms with E-state index < -0.39 is 0 Å². The molecule has 3 aromatic carbocycles. The highest BCUT2D eigenvalue weighted by Gasteiger charge is 2.45. The average Bonchev–Trinajstić information content (AvgIpc) is 2.94. The standard InChI is InChI=1S/C27H24N2/c1-15-12-19-24-22-17(15)8-6-9-18(22)26(2,3)20-13-16(25-28-10-7-11-29-25)14-21(23(20)24)27(19,4)5/h6-14H,1-5H3. The molecule has 0 N–H and O–H groups in total. The van der Waals surface area contributed by atoms with Gasteiger partial charge in [0.05, 0.1) is 0 Å². The van der Waals surface area contributed by atoms with E-state index >= 15 is 0 Å². The third-order valence-electron chi connectivity index (χ3n) is 7.28. The van der Waals surface area contributed by atoms with Crippen LogP contribution in [-0.2, 0) is 10.8 Å². The Bertz CT molecular complexity index is 1340. The molecule has 0 saturated heterocycles. The van der Waals surface area contributed by atoms with Crippen LogP contribution in [0.2, 0.25) is 0 Å². The van der Waals surface area contributed by atoms with Crippen LogP contribution in [-0.4, -0.2) is 9.97 Å². The fourth-order valence-corrected chi connectivity index (χ4v) is 5.69. The number of aryl methyl sites for hydroxylation is 1. The highest BCUT2D eigenvalue weighted by Crippen LogP contribution is 2.60. The molecule has 0 bridgehead atoms. The Morgan fingerprint density at radius 2 is 1.31 bits per heavy atom. The molecule has 2 heteroatoms. The Labute approximate surface area is 171 Å². The predicted molar refractivity (Wildman–Crippen MR) is 119 cm³/mol. The van der Waals surface area contributed by atoms with E-state index in [0.29, 0.717) is 0 Å². The number of hydrogen-bond acceptors (Lipinski definition) is 2. The summed E-state index contributed by atoms with van der Waals surface area (Å²) in [7, 11) is 0. The molecule has 1 aromatic heterocycles. The molecule has 0 unspecified atom stereocenters. The topological polar surface area (TPSA) is 25.8 Å². The fourth-order valence-electron chi connectivity index (χ4n) is 5.69. The molecule has 6 rings (SSSR count). The van der Waals surface area contributed by atoms with Crippen molar-refractivity contribution in [1.82, 2.24) is 9.97 Å². The van der Waals surface area contributed by atoms with E-state index in [1.165, 1.54) is 49.7 Å². The Balaban J connectivity index is 1.84. The minimum Gasteiger partial charge on any atom is -0.237 e. The molecule has 0 radical (unpaired) electrons. The van der Waals surface area contributed by atoms with Crippen LogP contribution in [0.25, 0.3) is 33.3 Å². The van der Waals surface area contributed by atoms with Gasteiger partial charge >= 0.3 is 0 Å². The molecular formula is C27H24N2. The number of nitrogens with zero attached hydrogens (tertiary/aromatic N) is 2. The van der Waals surface area contributed by atoms with Gasteiger partial charge in [-0.1, -0.05) is 52.0 Å². The Kier molecular flexibility index (Phi) is 2.99. The third kappa shape index (κ3) is 1.92. The van der Waals surface area contributed by atoms with Crippen LogP contribution < -0.4 is 0 Å². The molecule has 142 valence electrons. The molecule has 0 fully saturated rings. The Morgan fingerprint density at radius 1 is 0.690 bits per heavy atom. The van der Waals surface area contributed by atoms with Crippen molar-refractivity contribution in [3.8, 4) is 22.5 Å². The number of aromatic nitrogens is 2. The van der Waals surface area contributed by atoms with E-state index in [4.69, 9.17) is 0 Å². The minimum absolute atomic E-state index is 0.0450. The van der Waals surface area contributed by atoms with Gasteiger partial charge in [0.2, 0.25) is 0 Å². The van der Waals surface area contributed by atoms with Crippen molar-refractivity contribution in [2.24, 2.45) is 0 Å². The molecule has 0 aliphatic heterocycles. The summed E-state index contributed by atoms with van der Waals surface area (Å²) in [4.78, 5) is 9.10. The molecule has 2 aliphatic rings. The van der Waals surface area contributed by atoms with E-state index in [9.17, 15) is 0 Å². The summed E-state index contributed by atoms with van der Waals surface area (Å²) in [6.07, 6.45) is 3.66. The molecule has 0 spiro atoms. The van der Waals surface area contributed by atoms with Crippen LogP contribution in [0.1, 0.15) is 55.5 Å². The van der Waals surface area contributed by atoms with Crippen molar-refractivity contribution in [3.63, 3.8) is 0 Å². The zero-order valence-corrected chi connectivity index (χ0v) is 17.6. The SMILES string of the molecule is Cc1cc2c3c4c(cccc14)C(C)(C)c1cc(-c4ncccn4)cc(c1-3)C2(C)C. The minimum atomic E-state index is -0.0765. The smallest absolute Gasteiger partial charge is 0.159 e. The van der Waals surface area contributed by atoms with Gasteiger partial charge in [0.25, 0.3) is 0 Å². The summed E-state index contributed by atoms with van der Waals surface area (Å²) in [5.41, 5.74) is 10.9. The maximum Gasteiger partial charge on any atom is 0.159 e. The van der Waals surface area contributed by atoms with Gasteiger partial charge in [0.15, 0.2) is 5.82 Å². The predicted octanol–water partition coefficient (Wildman–Crippen LogP) is 6.55. The van der Waals surface area contributed by atoms with Gasteiger partial charge in [0.1, 0.15) is 0 Å². The molecule has 2 nitrogen and oxygen atoms in total. The summed E-state index contributed by atoms with van der Waals surface area (Å²) in [5, 5.41) is 2.84. The van der Waals surface area contributed by atoms with Crippen LogP contribution in [0.15, 0.2) is 54.9 Å². The van der Waals surface area contributed by atoms with Crippen LogP contribution in [0.4, 0.5) is 0 Å². The molecule has 29 heavy (non-hydrogen) atoms. The van der Waals surface area contributed by atoms with Crippen LogP contribution >= 0.6 is 0 Å². The first-order valence-corrected chi connectivity index (χ1v) is 10.4. The van der Waals surface area contributed by atoms with Gasteiger partial charge in [-0.05, 0) is 74.8 Å². The number of hydrogen-bond donors (Lipinski definition) is 0. The van der Waals surface area contributed by atoms with Crippen molar-refractivity contribution in [3.05, 3.63) is 82.7 Å². The van der Waals surface area contributed by atoms with Crippen LogP contribution in [0.3, 0.4) is 0 Å². The first-order chi connectivity index (χ1) is 13.8. The summed E-state index contributed by atoms with van der Waals surface area (Å²) in [5.74, 6) is 0.800. The van der Waals surface area contributed by atoms with Crippen molar-refractivity contribution in [1.29, 1.82) is 0 Å². The first-order valence-electron chi connectivity index (χ1n) is 10.4. The quantitative estimate of drug-likeness (QED) is 0.376. The van der Waals surface area contributed by atoms with Crippen LogP contribution in [0, 0.1) is 6.92 Å². The Morgan fingerprint density at radius 3 is 2.00 bits per heavy atom. The van der Waals surface area contributed by atoms with Gasteiger partial charge in [-0.25, -0.2) is 9.97 Å². The lowest BCUT2D eigenvalue weighted by Gasteiger charge is -2.35. The average molecular weight is 377 g/mol. The Hall–Kier alpha value is -3.00. The molecule has 2 aliphatic carbocycles. The molecule has 0 amide bonds. The highest BCUT2D eigenvalue weighted by molar-refractivity contribution is 6.09. The van der Waals surface area contributed by atoms with E-state index in [1.807, 2.05) is 18.5 Å². The second-order valence-corrected chi connectivity index (χ2v) is 9.61. The molecule has 0 atom stereocenters. The van der Waals surface area contributed by atoms with Gasteiger partial charge in [-0.2, -0.15) is 0 Å². The van der Waals surface area contributed by atoms with E-state index in [2.05, 4.69) is 81.0 Å². The number of benzene rings is 3. The largest absolute Gasteiger partial charge is 0.237 e. The second kappa shape index (κ2) is 5.13. The lowest BCUT2D eigenvalue weighted by atomic mass is 9.68. The maximum absolute atomic E-state index is 4.55. The zero-order valence-electron chi connectivity index (χ0n) is 17.6. The maximum atomic E-state index is 4.55. The normalized spacial score (nSPS) is 17.0. The second-order valence-electron chi connectivity index (χ2n) is 9.61. The molecule has 0 saturated carbocycles. The summed E-state index contributed by atoms with van der Waals surface area (Å²) in [6.45, 7) is 11.7. The fraction of sp³-hybridized carbons (Fsp3) is 0.259. The van der Waals surface area contributed by atoms with E-state index in [1.54, 1.807) is 0 Å². The van der Waals surface area contributed by atoms with E-state index in [0.717, 1.165) is 11.4 Å². The van der Waals surface area contributed by atoms with Gasteiger partial charge < -0.3 is 0 Å². The molecule has 4 aromatic rings. The lowest BCUT2D eigenvalue weighted by molar-refractivity contribution is 0.639. The van der Waals surface area contributed by atoms with Crippen molar-refractivity contribution in [2.75, 3.05) is 0 Å². The van der Waals surface area contributed by atoms with Gasteiger partial charge in [-0.3, -0.25) is 0 Å². The zero-order chi connectivity index (χ0) is 20.1. The summed E-state index contributed by atoms with van der Waals surface area (Å²) < 4.78 is 0. The lowest BCUT2D eigenvalue weighted by Crippen LogP contribution is -2.24. The van der Waals surface area contributed by atoms with E-state index in [-0.39, 0.29) is 10.8 Å². The first kappa shape index (κ1) is 16.9. The van der Waals surface area contributed by atoms with Crippen molar-refractivity contribution in [2.45, 2.75) is 45.4 Å². The van der Waals surface area contributed by atoms with Crippen LogP contribution in [0.5, 0.6) is 0 Å². The van der Waals surface area contributed by atoms with Crippen molar-refractivity contribution < 1.29 is 0 Å². The van der Waals surface area contributed by atoms with Gasteiger partial charge in [0, 0.05) is 28.8 Å².